The minimum Gasteiger partial charge on any atom is -0.381 e. The summed E-state index contributed by atoms with van der Waals surface area (Å²) < 4.78 is 7.17. The molecule has 4 rings (SSSR count). The van der Waals surface area contributed by atoms with Crippen LogP contribution < -0.4 is 0 Å². The van der Waals surface area contributed by atoms with Gasteiger partial charge in [-0.1, -0.05) is 0 Å². The van der Waals surface area contributed by atoms with Gasteiger partial charge in [-0.25, -0.2) is 4.68 Å². The molecule has 4 heterocycles. The van der Waals surface area contributed by atoms with Crippen LogP contribution in [-0.2, 0) is 4.74 Å². The lowest BCUT2D eigenvalue weighted by atomic mass is 10.1. The van der Waals surface area contributed by atoms with E-state index in [4.69, 9.17) is 4.74 Å². The van der Waals surface area contributed by atoms with Crippen LogP contribution in [0.15, 0.2) is 42.7 Å². The average Bonchev–Trinajstić information content (AvgIpc) is 3.19. The van der Waals surface area contributed by atoms with Crippen molar-refractivity contribution < 1.29 is 9.53 Å². The van der Waals surface area contributed by atoms with Gasteiger partial charge in [0.2, 0.25) is 0 Å². The van der Waals surface area contributed by atoms with Gasteiger partial charge in [-0.3, -0.25) is 14.8 Å². The van der Waals surface area contributed by atoms with Gasteiger partial charge in [0, 0.05) is 32.1 Å². The summed E-state index contributed by atoms with van der Waals surface area (Å²) in [4.78, 5) is 23.8. The van der Waals surface area contributed by atoms with Crippen molar-refractivity contribution in [2.45, 2.75) is 32.8 Å². The van der Waals surface area contributed by atoms with E-state index in [1.165, 1.54) is 0 Å². The van der Waals surface area contributed by atoms with Crippen molar-refractivity contribution in [3.8, 4) is 17.1 Å². The largest absolute Gasteiger partial charge is 0.381 e. The molecule has 150 valence electrons. The normalized spacial score (nSPS) is 14.9. The van der Waals surface area contributed by atoms with Gasteiger partial charge in [-0.15, -0.1) is 0 Å². The number of amides is 1. The molecule has 0 bridgehead atoms. The van der Waals surface area contributed by atoms with Crippen LogP contribution in [0.2, 0.25) is 0 Å². The van der Waals surface area contributed by atoms with Crippen LogP contribution >= 0.6 is 0 Å². The van der Waals surface area contributed by atoms with Crippen molar-refractivity contribution in [3.63, 3.8) is 0 Å². The number of carbonyl (C=O) groups excluding carboxylic acids is 1. The number of ether oxygens (including phenoxy) is 1. The van der Waals surface area contributed by atoms with Crippen molar-refractivity contribution in [1.29, 1.82) is 0 Å². The highest BCUT2D eigenvalue weighted by molar-refractivity contribution is 5.93. The van der Waals surface area contributed by atoms with Crippen LogP contribution in [-0.4, -0.2) is 56.9 Å². The topological polar surface area (TPSA) is 73.1 Å². The molecule has 0 radical (unpaired) electrons. The fourth-order valence-electron chi connectivity index (χ4n) is 3.58. The maximum absolute atomic E-state index is 13.1. The molecule has 29 heavy (non-hydrogen) atoms. The molecule has 0 unspecified atom stereocenters. The Morgan fingerprint density at radius 2 is 1.90 bits per heavy atom. The molecule has 0 N–H and O–H groups in total. The maximum Gasteiger partial charge on any atom is 0.274 e. The van der Waals surface area contributed by atoms with E-state index in [2.05, 4.69) is 15.1 Å². The smallest absolute Gasteiger partial charge is 0.274 e. The van der Waals surface area contributed by atoms with E-state index in [0.29, 0.717) is 18.8 Å². The fourth-order valence-corrected chi connectivity index (χ4v) is 3.58. The number of rotatable bonds is 4. The van der Waals surface area contributed by atoms with Gasteiger partial charge >= 0.3 is 0 Å². The molecule has 1 aliphatic heterocycles. The molecule has 3 aromatic heterocycles. The zero-order valence-corrected chi connectivity index (χ0v) is 17.0. The predicted octanol–water partition coefficient (Wildman–Crippen LogP) is 3.20. The number of likely N-dealkylation sites (tertiary alicyclic amines) is 1. The first-order valence-corrected chi connectivity index (χ1v) is 9.83. The Balaban J connectivity index is 1.71. The van der Waals surface area contributed by atoms with E-state index >= 15 is 0 Å². The van der Waals surface area contributed by atoms with Gasteiger partial charge in [0.15, 0.2) is 5.69 Å². The number of nitrogens with zero attached hydrogens (tertiary/aromatic N) is 5. The monoisotopic (exact) mass is 391 g/mol. The number of pyridine rings is 2. The first-order valence-electron chi connectivity index (χ1n) is 9.83. The molecule has 0 spiro atoms. The molecule has 7 heteroatoms. The average molecular weight is 391 g/mol. The molecular formula is C22H25N5O2. The second-order valence-electron chi connectivity index (χ2n) is 7.43. The Morgan fingerprint density at radius 1 is 1.10 bits per heavy atom. The second kappa shape index (κ2) is 8.13. The minimum atomic E-state index is -0.0627. The van der Waals surface area contributed by atoms with Gasteiger partial charge in [0.05, 0.1) is 29.4 Å². The van der Waals surface area contributed by atoms with Crippen LogP contribution in [0.3, 0.4) is 0 Å². The van der Waals surface area contributed by atoms with Crippen molar-refractivity contribution in [2.75, 3.05) is 20.2 Å². The highest BCUT2D eigenvalue weighted by Crippen LogP contribution is 2.24. The lowest BCUT2D eigenvalue weighted by molar-refractivity contribution is 0.0347. The third kappa shape index (κ3) is 4.05. The van der Waals surface area contributed by atoms with E-state index < -0.39 is 0 Å². The summed E-state index contributed by atoms with van der Waals surface area (Å²) in [5.74, 6) is -0.0627. The molecule has 7 nitrogen and oxygen atoms in total. The molecule has 0 aliphatic carbocycles. The molecular weight excluding hydrogens is 366 g/mol. The number of aryl methyl sites for hydroxylation is 2. The zero-order valence-electron chi connectivity index (χ0n) is 17.0. The number of hydrogen-bond acceptors (Lipinski definition) is 5. The Morgan fingerprint density at radius 3 is 2.55 bits per heavy atom. The summed E-state index contributed by atoms with van der Waals surface area (Å²) in [7, 11) is 1.72. The SMILES string of the molecule is COC1CCN(C(=O)c2cc(-c3cc(C)ccn3)n(-c3ccc(C)nc3)n2)CC1. The quantitative estimate of drug-likeness (QED) is 0.683. The van der Waals surface area contributed by atoms with E-state index in [9.17, 15) is 4.79 Å². The van der Waals surface area contributed by atoms with E-state index in [0.717, 1.165) is 41.2 Å². The van der Waals surface area contributed by atoms with E-state index in [1.54, 1.807) is 24.2 Å². The van der Waals surface area contributed by atoms with E-state index in [1.807, 2.05) is 49.1 Å². The summed E-state index contributed by atoms with van der Waals surface area (Å²) in [6.07, 6.45) is 5.45. The number of aromatic nitrogens is 4. The first kappa shape index (κ1) is 19.3. The summed E-state index contributed by atoms with van der Waals surface area (Å²) in [6.45, 7) is 5.31. The van der Waals surface area contributed by atoms with Gasteiger partial charge in [0.1, 0.15) is 0 Å². The molecule has 0 atom stereocenters. The highest BCUT2D eigenvalue weighted by atomic mass is 16.5. The highest BCUT2D eigenvalue weighted by Gasteiger charge is 2.26. The van der Waals surface area contributed by atoms with Gasteiger partial charge < -0.3 is 9.64 Å². The van der Waals surface area contributed by atoms with Crippen LogP contribution in [0.25, 0.3) is 17.1 Å². The molecule has 1 fully saturated rings. The van der Waals surface area contributed by atoms with Crippen LogP contribution in [0.1, 0.15) is 34.6 Å². The maximum atomic E-state index is 13.1. The molecule has 3 aromatic rings. The second-order valence-corrected chi connectivity index (χ2v) is 7.43. The fraction of sp³-hybridized carbons (Fsp3) is 0.364. The van der Waals surface area contributed by atoms with E-state index in [-0.39, 0.29) is 12.0 Å². The number of methoxy groups -OCH3 is 1. The standard InChI is InChI=1S/C22H25N5O2/c1-15-6-9-23-19(12-15)21-13-20(22(28)26-10-7-18(29-3)8-11-26)25-27(21)17-5-4-16(2)24-14-17/h4-6,9,12-14,18H,7-8,10-11H2,1-3H3. The van der Waals surface area contributed by atoms with Crippen molar-refractivity contribution in [2.24, 2.45) is 0 Å². The Bertz CT molecular complexity index is 1000. The van der Waals surface area contributed by atoms with Crippen molar-refractivity contribution in [1.82, 2.24) is 24.6 Å². The number of hydrogen-bond donors (Lipinski definition) is 0. The summed E-state index contributed by atoms with van der Waals surface area (Å²) >= 11 is 0. The van der Waals surface area contributed by atoms with Crippen LogP contribution in [0.5, 0.6) is 0 Å². The molecule has 0 saturated carbocycles. The minimum absolute atomic E-state index is 0.0627. The summed E-state index contributed by atoms with van der Waals surface area (Å²) in [5, 5.41) is 4.64. The lowest BCUT2D eigenvalue weighted by Crippen LogP contribution is -2.40. The van der Waals surface area contributed by atoms with Crippen LogP contribution in [0.4, 0.5) is 0 Å². The summed E-state index contributed by atoms with van der Waals surface area (Å²) in [6, 6.07) is 9.65. The Labute approximate surface area is 170 Å². The third-order valence-electron chi connectivity index (χ3n) is 5.31. The first-order chi connectivity index (χ1) is 14.0. The van der Waals surface area contributed by atoms with Gasteiger partial charge in [0.25, 0.3) is 5.91 Å². The zero-order chi connectivity index (χ0) is 20.4. The van der Waals surface area contributed by atoms with Crippen molar-refractivity contribution in [3.05, 3.63) is 59.7 Å². The predicted molar refractivity (Wildman–Crippen MR) is 110 cm³/mol. The van der Waals surface area contributed by atoms with Crippen LogP contribution in [0, 0.1) is 13.8 Å². The number of piperidine rings is 1. The Kier molecular flexibility index (Phi) is 5.40. The molecule has 0 aromatic carbocycles. The third-order valence-corrected chi connectivity index (χ3v) is 5.31. The molecule has 1 aliphatic rings. The van der Waals surface area contributed by atoms with Crippen molar-refractivity contribution >= 4 is 5.91 Å². The number of carbonyl (C=O) groups is 1. The van der Waals surface area contributed by atoms with Gasteiger partial charge in [-0.2, -0.15) is 5.10 Å². The molecule has 1 amide bonds. The van der Waals surface area contributed by atoms with Gasteiger partial charge in [-0.05, 0) is 62.6 Å². The molecule has 1 saturated heterocycles. The Hall–Kier alpha value is -3.06. The summed E-state index contributed by atoms with van der Waals surface area (Å²) in [5.41, 5.74) is 4.78. The lowest BCUT2D eigenvalue weighted by Gasteiger charge is -2.30.